The van der Waals surface area contributed by atoms with Crippen LogP contribution in [0, 0.1) is 0 Å². The van der Waals surface area contributed by atoms with Crippen LogP contribution >= 0.6 is 0 Å². The van der Waals surface area contributed by atoms with Crippen LogP contribution in [0.25, 0.3) is 17.0 Å². The maximum absolute atomic E-state index is 12.6. The van der Waals surface area contributed by atoms with Gasteiger partial charge in [0, 0.05) is 17.7 Å². The molecular formula is C18H14N2O4S. The van der Waals surface area contributed by atoms with Crippen LogP contribution in [0.4, 0.5) is 5.69 Å². The molecule has 3 aromatic rings. The third kappa shape index (κ3) is 3.84. The first-order chi connectivity index (χ1) is 12.0. The summed E-state index contributed by atoms with van der Waals surface area (Å²) in [6, 6.07) is 14.8. The number of anilines is 1. The number of nitrogens with one attached hydrogen (secondary N) is 1. The number of nitrogens with zero attached hydrogens (tertiary/aromatic N) is 1. The van der Waals surface area contributed by atoms with Gasteiger partial charge in [-0.1, -0.05) is 30.3 Å². The van der Waals surface area contributed by atoms with Gasteiger partial charge in [0.25, 0.3) is 10.0 Å². The number of sulfonamides is 1. The minimum atomic E-state index is -3.78. The first-order valence-corrected chi connectivity index (χ1v) is 8.82. The van der Waals surface area contributed by atoms with E-state index in [1.54, 1.807) is 24.4 Å². The van der Waals surface area contributed by atoms with Crippen molar-refractivity contribution >= 4 is 38.7 Å². The van der Waals surface area contributed by atoms with Gasteiger partial charge in [0.2, 0.25) is 0 Å². The molecule has 0 radical (unpaired) electrons. The number of carbonyl (C=O) groups is 1. The third-order valence-electron chi connectivity index (χ3n) is 3.49. The first-order valence-electron chi connectivity index (χ1n) is 7.33. The van der Waals surface area contributed by atoms with Gasteiger partial charge in [-0.3, -0.25) is 9.71 Å². The van der Waals surface area contributed by atoms with E-state index in [0.29, 0.717) is 16.8 Å². The van der Waals surface area contributed by atoms with E-state index in [9.17, 15) is 13.2 Å². The molecular weight excluding hydrogens is 340 g/mol. The molecule has 7 heteroatoms. The van der Waals surface area contributed by atoms with E-state index >= 15 is 0 Å². The lowest BCUT2D eigenvalue weighted by Gasteiger charge is -2.10. The smallest absolute Gasteiger partial charge is 0.328 e. The fraction of sp³-hybridized carbons (Fsp3) is 0. The maximum Gasteiger partial charge on any atom is 0.328 e. The van der Waals surface area contributed by atoms with Gasteiger partial charge in [-0.15, -0.1) is 0 Å². The van der Waals surface area contributed by atoms with Crippen molar-refractivity contribution in [2.24, 2.45) is 0 Å². The van der Waals surface area contributed by atoms with Gasteiger partial charge in [-0.05, 0) is 35.9 Å². The number of carboxylic acids is 1. The van der Waals surface area contributed by atoms with Gasteiger partial charge < -0.3 is 5.11 Å². The molecule has 0 aliphatic heterocycles. The van der Waals surface area contributed by atoms with Crippen molar-refractivity contribution in [3.63, 3.8) is 0 Å². The van der Waals surface area contributed by atoms with E-state index in [-0.39, 0.29) is 4.90 Å². The van der Waals surface area contributed by atoms with Crippen LogP contribution in [0.1, 0.15) is 5.56 Å². The summed E-state index contributed by atoms with van der Waals surface area (Å²) in [6.45, 7) is 0. The van der Waals surface area contributed by atoms with E-state index in [1.807, 2.05) is 12.1 Å². The number of pyridine rings is 1. The first kappa shape index (κ1) is 16.7. The largest absolute Gasteiger partial charge is 0.478 e. The Morgan fingerprint density at radius 1 is 1.04 bits per heavy atom. The van der Waals surface area contributed by atoms with Crippen LogP contribution in [0.15, 0.2) is 71.8 Å². The number of aliphatic carboxylic acids is 1. The number of para-hydroxylation sites is 1. The molecule has 0 fully saturated rings. The standard InChI is InChI=1S/C18H14N2O4S/c21-17(22)11-8-13-6-9-15(10-7-13)25(23,24)20-16-5-1-3-14-4-2-12-19-18(14)16/h1-12,20H,(H,21,22)/b11-8+. The highest BCUT2D eigenvalue weighted by atomic mass is 32.2. The Bertz CT molecular complexity index is 1050. The summed E-state index contributed by atoms with van der Waals surface area (Å²) in [5.74, 6) is -1.07. The average Bonchev–Trinajstić information content (AvgIpc) is 2.60. The monoisotopic (exact) mass is 354 g/mol. The fourth-order valence-corrected chi connectivity index (χ4v) is 3.38. The second-order valence-electron chi connectivity index (χ2n) is 5.23. The Hall–Kier alpha value is -3.19. The Morgan fingerprint density at radius 2 is 1.76 bits per heavy atom. The number of rotatable bonds is 5. The number of fused-ring (bicyclic) bond motifs is 1. The summed E-state index contributed by atoms with van der Waals surface area (Å²) in [5, 5.41) is 9.44. The third-order valence-corrected chi connectivity index (χ3v) is 4.87. The fourth-order valence-electron chi connectivity index (χ4n) is 2.32. The van der Waals surface area contributed by atoms with E-state index in [1.165, 1.54) is 30.3 Å². The Labute approximate surface area is 144 Å². The van der Waals surface area contributed by atoms with Crippen LogP contribution in [-0.4, -0.2) is 24.5 Å². The molecule has 0 unspecified atom stereocenters. The van der Waals surface area contributed by atoms with Gasteiger partial charge >= 0.3 is 5.97 Å². The highest BCUT2D eigenvalue weighted by Gasteiger charge is 2.15. The Balaban J connectivity index is 1.90. The molecule has 0 atom stereocenters. The Kier molecular flexibility index (Phi) is 4.49. The van der Waals surface area contributed by atoms with Gasteiger partial charge in [0.15, 0.2) is 0 Å². The second kappa shape index (κ2) is 6.74. The van der Waals surface area contributed by atoms with Gasteiger partial charge in [-0.2, -0.15) is 0 Å². The van der Waals surface area contributed by atoms with Crippen molar-refractivity contribution in [2.45, 2.75) is 4.90 Å². The van der Waals surface area contributed by atoms with Crippen LogP contribution in [-0.2, 0) is 14.8 Å². The number of hydrogen-bond acceptors (Lipinski definition) is 4. The molecule has 0 saturated carbocycles. The molecule has 6 nitrogen and oxygen atoms in total. The molecule has 0 bridgehead atoms. The summed E-state index contributed by atoms with van der Waals surface area (Å²) in [7, 11) is -3.78. The number of benzene rings is 2. The number of hydrogen-bond donors (Lipinski definition) is 2. The van der Waals surface area contributed by atoms with Crippen molar-refractivity contribution in [1.82, 2.24) is 4.98 Å². The predicted octanol–water partition coefficient (Wildman–Crippen LogP) is 3.13. The highest BCUT2D eigenvalue weighted by Crippen LogP contribution is 2.24. The molecule has 0 aliphatic rings. The van der Waals surface area contributed by atoms with Crippen molar-refractivity contribution in [3.05, 3.63) is 72.4 Å². The van der Waals surface area contributed by atoms with Gasteiger partial charge in [-0.25, -0.2) is 13.2 Å². The van der Waals surface area contributed by atoms with Crippen LogP contribution < -0.4 is 4.72 Å². The van der Waals surface area contributed by atoms with Gasteiger partial charge in [0.05, 0.1) is 16.1 Å². The summed E-state index contributed by atoms with van der Waals surface area (Å²) < 4.78 is 27.7. The van der Waals surface area contributed by atoms with E-state index in [4.69, 9.17) is 5.11 Å². The lowest BCUT2D eigenvalue weighted by Crippen LogP contribution is -2.13. The average molecular weight is 354 g/mol. The molecule has 0 spiro atoms. The lowest BCUT2D eigenvalue weighted by atomic mass is 10.2. The molecule has 0 amide bonds. The molecule has 126 valence electrons. The van der Waals surface area contributed by atoms with E-state index in [0.717, 1.165) is 11.5 Å². The molecule has 1 heterocycles. The molecule has 2 N–H and O–H groups in total. The van der Waals surface area contributed by atoms with E-state index in [2.05, 4.69) is 9.71 Å². The van der Waals surface area contributed by atoms with Crippen molar-refractivity contribution < 1.29 is 18.3 Å². The topological polar surface area (TPSA) is 96.4 Å². The summed E-state index contributed by atoms with van der Waals surface area (Å²) in [4.78, 5) is 14.8. The molecule has 3 rings (SSSR count). The molecule has 25 heavy (non-hydrogen) atoms. The Morgan fingerprint density at radius 3 is 2.48 bits per heavy atom. The lowest BCUT2D eigenvalue weighted by molar-refractivity contribution is -0.131. The van der Waals surface area contributed by atoms with Crippen molar-refractivity contribution in [1.29, 1.82) is 0 Å². The molecule has 0 saturated heterocycles. The quantitative estimate of drug-likeness (QED) is 0.686. The van der Waals surface area contributed by atoms with Gasteiger partial charge in [0.1, 0.15) is 0 Å². The highest BCUT2D eigenvalue weighted by molar-refractivity contribution is 7.92. The van der Waals surface area contributed by atoms with Crippen molar-refractivity contribution in [3.8, 4) is 0 Å². The molecule has 2 aromatic carbocycles. The number of carboxylic acid groups (broad SMARTS) is 1. The zero-order valence-electron chi connectivity index (χ0n) is 13.0. The zero-order valence-corrected chi connectivity index (χ0v) is 13.8. The van der Waals surface area contributed by atoms with E-state index < -0.39 is 16.0 Å². The molecule has 1 aromatic heterocycles. The zero-order chi connectivity index (χ0) is 17.9. The molecule has 0 aliphatic carbocycles. The number of aromatic nitrogens is 1. The minimum absolute atomic E-state index is 0.0768. The maximum atomic E-state index is 12.6. The van der Waals surface area contributed by atoms with Crippen molar-refractivity contribution in [2.75, 3.05) is 4.72 Å². The summed E-state index contributed by atoms with van der Waals surface area (Å²) >= 11 is 0. The van der Waals surface area contributed by atoms with Crippen LogP contribution in [0.5, 0.6) is 0 Å². The summed E-state index contributed by atoms with van der Waals surface area (Å²) in [6.07, 6.45) is 3.98. The normalized spacial score (nSPS) is 11.7. The van der Waals surface area contributed by atoms with Crippen LogP contribution in [0.2, 0.25) is 0 Å². The SMILES string of the molecule is O=C(O)/C=C/c1ccc(S(=O)(=O)Nc2cccc3cccnc23)cc1. The summed E-state index contributed by atoms with van der Waals surface area (Å²) in [5.41, 5.74) is 1.55. The predicted molar refractivity (Wildman–Crippen MR) is 95.7 cm³/mol. The second-order valence-corrected chi connectivity index (χ2v) is 6.91. The minimum Gasteiger partial charge on any atom is -0.478 e. The van der Waals surface area contributed by atoms with Crippen LogP contribution in [0.3, 0.4) is 0 Å².